The van der Waals surface area contributed by atoms with E-state index in [4.69, 9.17) is 5.73 Å². The molecule has 0 radical (unpaired) electrons. The van der Waals surface area contributed by atoms with Crippen LogP contribution >= 0.6 is 12.4 Å². The molecule has 3 nitrogen and oxygen atoms in total. The van der Waals surface area contributed by atoms with E-state index in [2.05, 4.69) is 0 Å². The van der Waals surface area contributed by atoms with Gasteiger partial charge < -0.3 is 10.6 Å². The van der Waals surface area contributed by atoms with Gasteiger partial charge in [0.1, 0.15) is 11.6 Å². The Bertz CT molecular complexity index is 470. The lowest BCUT2D eigenvalue weighted by molar-refractivity contribution is -0.135. The number of nitrogens with two attached hydrogens (primary N) is 1. The van der Waals surface area contributed by atoms with E-state index in [9.17, 15) is 13.6 Å². The number of carbonyl (C=O) groups is 1. The van der Waals surface area contributed by atoms with Crippen LogP contribution in [0.25, 0.3) is 0 Å². The lowest BCUT2D eigenvalue weighted by atomic mass is 10.1. The van der Waals surface area contributed by atoms with Gasteiger partial charge in [0, 0.05) is 11.6 Å². The van der Waals surface area contributed by atoms with E-state index in [0.717, 1.165) is 25.7 Å². The number of amides is 1. The topological polar surface area (TPSA) is 46.3 Å². The normalized spacial score (nSPS) is 16.4. The minimum Gasteiger partial charge on any atom is -0.334 e. The molecule has 118 valence electrons. The van der Waals surface area contributed by atoms with Crippen molar-refractivity contribution in [3.05, 3.63) is 35.4 Å². The van der Waals surface area contributed by atoms with Crippen LogP contribution in [0.1, 0.15) is 38.2 Å². The molecule has 0 bridgehead atoms. The van der Waals surface area contributed by atoms with Gasteiger partial charge in [0.25, 0.3) is 0 Å². The van der Waals surface area contributed by atoms with Crippen LogP contribution < -0.4 is 5.73 Å². The van der Waals surface area contributed by atoms with E-state index in [1.54, 1.807) is 11.8 Å². The minimum atomic E-state index is -0.662. The zero-order chi connectivity index (χ0) is 14.7. The summed E-state index contributed by atoms with van der Waals surface area (Å²) in [5.41, 5.74) is 5.59. The molecule has 1 aliphatic rings. The third-order valence-electron chi connectivity index (χ3n) is 3.83. The van der Waals surface area contributed by atoms with Crippen molar-refractivity contribution in [1.82, 2.24) is 4.90 Å². The summed E-state index contributed by atoms with van der Waals surface area (Å²) in [5.74, 6) is -1.49. The van der Waals surface area contributed by atoms with Crippen LogP contribution in [0.15, 0.2) is 18.2 Å². The van der Waals surface area contributed by atoms with Gasteiger partial charge in [0.15, 0.2) is 0 Å². The van der Waals surface area contributed by atoms with Crippen molar-refractivity contribution in [3.8, 4) is 0 Å². The summed E-state index contributed by atoms with van der Waals surface area (Å²) in [5, 5.41) is 0. The summed E-state index contributed by atoms with van der Waals surface area (Å²) in [6.07, 6.45) is 3.81. The van der Waals surface area contributed by atoms with E-state index in [-0.39, 0.29) is 36.5 Å². The summed E-state index contributed by atoms with van der Waals surface area (Å²) in [6.45, 7) is 1.55. The fraction of sp³-hybridized carbons (Fsp3) is 0.533. The van der Waals surface area contributed by atoms with E-state index in [1.165, 1.54) is 18.2 Å². The van der Waals surface area contributed by atoms with Crippen LogP contribution in [0.3, 0.4) is 0 Å². The maximum atomic E-state index is 13.8. The van der Waals surface area contributed by atoms with Gasteiger partial charge in [0.05, 0.1) is 12.6 Å². The average molecular weight is 319 g/mol. The van der Waals surface area contributed by atoms with Gasteiger partial charge in [-0.3, -0.25) is 4.79 Å². The van der Waals surface area contributed by atoms with E-state index in [0.29, 0.717) is 0 Å². The molecule has 1 amide bonds. The standard InChI is InChI=1S/C15H20F2N2O.ClH/c1-10(18)15(20)19(11-5-2-3-6-11)9-12-13(16)7-4-8-14(12)17;/h4,7-8,10-11H,2-3,5-6,9,18H2,1H3;1H/t10-;/m0./s1. The highest BCUT2D eigenvalue weighted by molar-refractivity contribution is 5.85. The first kappa shape index (κ1) is 17.9. The highest BCUT2D eigenvalue weighted by Gasteiger charge is 2.29. The molecule has 1 aromatic carbocycles. The van der Waals surface area contributed by atoms with Gasteiger partial charge in [0.2, 0.25) is 5.91 Å². The lowest BCUT2D eigenvalue weighted by Crippen LogP contribution is -2.46. The third-order valence-corrected chi connectivity index (χ3v) is 3.83. The van der Waals surface area contributed by atoms with Crippen molar-refractivity contribution in [2.75, 3.05) is 0 Å². The van der Waals surface area contributed by atoms with E-state index < -0.39 is 17.7 Å². The molecule has 2 rings (SSSR count). The van der Waals surface area contributed by atoms with Gasteiger partial charge in [-0.25, -0.2) is 8.78 Å². The number of hydrogen-bond acceptors (Lipinski definition) is 2. The Morgan fingerprint density at radius 3 is 2.33 bits per heavy atom. The number of halogens is 3. The number of nitrogens with zero attached hydrogens (tertiary/aromatic N) is 1. The summed E-state index contributed by atoms with van der Waals surface area (Å²) in [6, 6.07) is 3.11. The maximum absolute atomic E-state index is 13.8. The zero-order valence-electron chi connectivity index (χ0n) is 12.0. The second-order valence-electron chi connectivity index (χ2n) is 5.39. The van der Waals surface area contributed by atoms with Crippen molar-refractivity contribution in [3.63, 3.8) is 0 Å². The van der Waals surface area contributed by atoms with Gasteiger partial charge in [-0.15, -0.1) is 12.4 Å². The largest absolute Gasteiger partial charge is 0.334 e. The molecule has 21 heavy (non-hydrogen) atoms. The lowest BCUT2D eigenvalue weighted by Gasteiger charge is -2.30. The first-order valence-electron chi connectivity index (χ1n) is 6.99. The van der Waals surface area contributed by atoms with Crippen LogP contribution in [0.5, 0.6) is 0 Å². The number of hydrogen-bond donors (Lipinski definition) is 1. The van der Waals surface area contributed by atoms with Crippen LogP contribution in [0, 0.1) is 11.6 Å². The summed E-state index contributed by atoms with van der Waals surface area (Å²) in [4.78, 5) is 13.8. The molecule has 0 saturated heterocycles. The Morgan fingerprint density at radius 1 is 1.33 bits per heavy atom. The number of benzene rings is 1. The SMILES string of the molecule is C[C@H](N)C(=O)N(Cc1c(F)cccc1F)C1CCCC1.Cl. The number of carbonyl (C=O) groups excluding carboxylic acids is 1. The molecule has 0 unspecified atom stereocenters. The van der Waals surface area contributed by atoms with Crippen LogP contribution in [-0.2, 0) is 11.3 Å². The first-order valence-corrected chi connectivity index (χ1v) is 6.99. The van der Waals surface area contributed by atoms with Crippen molar-refractivity contribution < 1.29 is 13.6 Å². The predicted molar refractivity (Wildman–Crippen MR) is 80.1 cm³/mol. The maximum Gasteiger partial charge on any atom is 0.239 e. The monoisotopic (exact) mass is 318 g/mol. The molecule has 1 fully saturated rings. The fourth-order valence-corrected chi connectivity index (χ4v) is 2.72. The van der Waals surface area contributed by atoms with E-state index >= 15 is 0 Å². The smallest absolute Gasteiger partial charge is 0.239 e. The molecule has 0 aliphatic heterocycles. The molecule has 1 saturated carbocycles. The molecule has 1 aliphatic carbocycles. The van der Waals surface area contributed by atoms with Gasteiger partial charge in [-0.2, -0.15) is 0 Å². The minimum absolute atomic E-state index is 0. The van der Waals surface area contributed by atoms with Crippen molar-refractivity contribution >= 4 is 18.3 Å². The van der Waals surface area contributed by atoms with Gasteiger partial charge >= 0.3 is 0 Å². The van der Waals surface area contributed by atoms with Crippen LogP contribution in [0.4, 0.5) is 8.78 Å². The van der Waals surface area contributed by atoms with Crippen LogP contribution in [-0.4, -0.2) is 22.9 Å². The van der Waals surface area contributed by atoms with E-state index in [1.807, 2.05) is 0 Å². The first-order chi connectivity index (χ1) is 9.50. The highest BCUT2D eigenvalue weighted by Crippen LogP contribution is 2.26. The molecular formula is C15H21ClF2N2O. The second kappa shape index (κ2) is 7.71. The van der Waals surface area contributed by atoms with Crippen molar-refractivity contribution in [2.45, 2.75) is 51.2 Å². The molecule has 1 atom stereocenters. The summed E-state index contributed by atoms with van der Waals surface area (Å²) in [7, 11) is 0. The van der Waals surface area contributed by atoms with Crippen molar-refractivity contribution in [1.29, 1.82) is 0 Å². The Hall–Kier alpha value is -1.20. The molecule has 0 aromatic heterocycles. The molecule has 0 spiro atoms. The molecule has 2 N–H and O–H groups in total. The Kier molecular flexibility index (Phi) is 6.55. The summed E-state index contributed by atoms with van der Waals surface area (Å²) < 4.78 is 27.5. The summed E-state index contributed by atoms with van der Waals surface area (Å²) >= 11 is 0. The predicted octanol–water partition coefficient (Wildman–Crippen LogP) is 3.01. The van der Waals surface area contributed by atoms with Crippen molar-refractivity contribution in [2.24, 2.45) is 5.73 Å². The van der Waals surface area contributed by atoms with Gasteiger partial charge in [-0.05, 0) is 31.9 Å². The Morgan fingerprint density at radius 2 is 1.86 bits per heavy atom. The van der Waals surface area contributed by atoms with Gasteiger partial charge in [-0.1, -0.05) is 18.9 Å². The Labute approximate surface area is 129 Å². The highest BCUT2D eigenvalue weighted by atomic mass is 35.5. The zero-order valence-corrected chi connectivity index (χ0v) is 12.8. The molecule has 0 heterocycles. The second-order valence-corrected chi connectivity index (χ2v) is 5.39. The molecule has 6 heteroatoms. The van der Waals surface area contributed by atoms with Crippen LogP contribution in [0.2, 0.25) is 0 Å². The molecular weight excluding hydrogens is 298 g/mol. The number of rotatable bonds is 4. The average Bonchev–Trinajstić information content (AvgIpc) is 2.91. The Balaban J connectivity index is 0.00000220. The quantitative estimate of drug-likeness (QED) is 0.927. The third kappa shape index (κ3) is 4.14. The molecule has 1 aromatic rings. The fourth-order valence-electron chi connectivity index (χ4n) is 2.72.